The average Bonchev–Trinajstić information content (AvgIpc) is 2.26. The Bertz CT molecular complexity index is 429. The number of hydrogen-bond acceptors (Lipinski definition) is 3. The summed E-state index contributed by atoms with van der Waals surface area (Å²) in [4.78, 5) is 22.4. The molecular weight excluding hydrogens is 340 g/mol. The molecule has 0 aliphatic heterocycles. The van der Waals surface area contributed by atoms with Gasteiger partial charge in [0.05, 0.1) is 17.5 Å². The number of hydrogen-bond donors (Lipinski definition) is 0. The summed E-state index contributed by atoms with van der Waals surface area (Å²) in [6.45, 7) is 1.46. The minimum absolute atomic E-state index is 0.0722. The molecule has 0 amide bonds. The lowest BCUT2D eigenvalue weighted by molar-refractivity contribution is -0.116. The lowest BCUT2D eigenvalue weighted by atomic mass is 10.0. The molecule has 0 fully saturated rings. The van der Waals surface area contributed by atoms with E-state index in [1.165, 1.54) is 14.0 Å². The summed E-state index contributed by atoms with van der Waals surface area (Å²) in [6, 6.07) is 5.13. The van der Waals surface area contributed by atoms with Crippen molar-refractivity contribution >= 4 is 43.6 Å². The predicted molar refractivity (Wildman–Crippen MR) is 67.8 cm³/mol. The predicted octanol–water partition coefficient (Wildman–Crippen LogP) is 3.26. The maximum absolute atomic E-state index is 11.5. The van der Waals surface area contributed by atoms with Gasteiger partial charge in [-0.2, -0.15) is 0 Å². The average molecular weight is 350 g/mol. The molecule has 0 aromatic heterocycles. The van der Waals surface area contributed by atoms with E-state index >= 15 is 0 Å². The quantitative estimate of drug-likeness (QED) is 0.621. The van der Waals surface area contributed by atoms with Crippen molar-refractivity contribution in [1.82, 2.24) is 0 Å². The zero-order valence-electron chi connectivity index (χ0n) is 8.79. The molecule has 0 aliphatic carbocycles. The smallest absolute Gasteiger partial charge is 0.338 e. The second kappa shape index (κ2) is 5.59. The number of carbonyl (C=O) groups excluding carboxylic acids is 2. The highest BCUT2D eigenvalue weighted by atomic mass is 79.9. The topological polar surface area (TPSA) is 43.4 Å². The Morgan fingerprint density at radius 1 is 1.38 bits per heavy atom. The van der Waals surface area contributed by atoms with Gasteiger partial charge in [0.2, 0.25) is 0 Å². The Kier molecular flexibility index (Phi) is 4.68. The Balaban J connectivity index is 3.34. The summed E-state index contributed by atoms with van der Waals surface area (Å²) in [6.07, 6.45) is 0. The van der Waals surface area contributed by atoms with Gasteiger partial charge in [0, 0.05) is 10.0 Å². The van der Waals surface area contributed by atoms with Gasteiger partial charge < -0.3 is 4.74 Å². The van der Waals surface area contributed by atoms with Crippen LogP contribution >= 0.6 is 31.9 Å². The fourth-order valence-electron chi connectivity index (χ4n) is 1.29. The molecule has 86 valence electrons. The Hall–Kier alpha value is -0.680. The molecule has 0 N–H and O–H groups in total. The van der Waals surface area contributed by atoms with Crippen molar-refractivity contribution in [1.29, 1.82) is 0 Å². The first-order valence-electron chi connectivity index (χ1n) is 4.50. The van der Waals surface area contributed by atoms with Crippen molar-refractivity contribution in [2.45, 2.75) is 11.8 Å². The van der Waals surface area contributed by atoms with Crippen LogP contribution in [0.4, 0.5) is 0 Å². The summed E-state index contributed by atoms with van der Waals surface area (Å²) in [5.74, 6) is -0.529. The molecule has 1 aromatic carbocycles. The van der Waals surface area contributed by atoms with E-state index in [4.69, 9.17) is 0 Å². The maximum Gasteiger partial charge on any atom is 0.338 e. The molecule has 1 rings (SSSR count). The standard InChI is InChI=1S/C11H10Br2O3/c1-6(14)10(13)9-7(11(15)16-2)4-3-5-8(9)12/h3-5,10H,1-2H3. The van der Waals surface area contributed by atoms with Crippen molar-refractivity contribution in [3.63, 3.8) is 0 Å². The van der Waals surface area contributed by atoms with E-state index in [1.807, 2.05) is 0 Å². The van der Waals surface area contributed by atoms with Gasteiger partial charge >= 0.3 is 5.97 Å². The summed E-state index contributed by atoms with van der Waals surface area (Å²) < 4.78 is 5.37. The van der Waals surface area contributed by atoms with Gasteiger partial charge in [-0.1, -0.05) is 37.9 Å². The first kappa shape index (κ1) is 13.4. The van der Waals surface area contributed by atoms with Crippen LogP contribution in [0.2, 0.25) is 0 Å². The highest BCUT2D eigenvalue weighted by molar-refractivity contribution is 9.11. The van der Waals surface area contributed by atoms with E-state index in [2.05, 4.69) is 36.6 Å². The minimum atomic E-state index is -0.517. The molecule has 0 saturated heterocycles. The molecule has 1 atom stereocenters. The fraction of sp³-hybridized carbons (Fsp3) is 0.273. The van der Waals surface area contributed by atoms with Gasteiger partial charge in [-0.25, -0.2) is 4.79 Å². The van der Waals surface area contributed by atoms with E-state index in [-0.39, 0.29) is 5.78 Å². The SMILES string of the molecule is COC(=O)c1cccc(Br)c1C(Br)C(C)=O. The molecule has 0 heterocycles. The van der Waals surface area contributed by atoms with Crippen molar-refractivity contribution in [3.8, 4) is 0 Å². The lowest BCUT2D eigenvalue weighted by Gasteiger charge is -2.13. The fourth-order valence-corrected chi connectivity index (χ4v) is 2.68. The van der Waals surface area contributed by atoms with E-state index < -0.39 is 10.8 Å². The van der Waals surface area contributed by atoms with Crippen LogP contribution in [0.1, 0.15) is 27.7 Å². The Morgan fingerprint density at radius 3 is 2.50 bits per heavy atom. The molecule has 1 unspecified atom stereocenters. The number of ketones is 1. The molecule has 1 aromatic rings. The number of ether oxygens (including phenoxy) is 1. The molecule has 0 saturated carbocycles. The highest BCUT2D eigenvalue weighted by Gasteiger charge is 2.23. The van der Waals surface area contributed by atoms with Crippen molar-refractivity contribution in [2.75, 3.05) is 7.11 Å². The molecule has 3 nitrogen and oxygen atoms in total. The molecule has 16 heavy (non-hydrogen) atoms. The van der Waals surface area contributed by atoms with E-state index in [0.717, 1.165) is 0 Å². The van der Waals surface area contributed by atoms with Crippen LogP contribution in [0.5, 0.6) is 0 Å². The lowest BCUT2D eigenvalue weighted by Crippen LogP contribution is -2.11. The van der Waals surface area contributed by atoms with Gasteiger partial charge in [0.15, 0.2) is 0 Å². The Morgan fingerprint density at radius 2 is 2.00 bits per heavy atom. The number of rotatable bonds is 3. The number of alkyl halides is 1. The van der Waals surface area contributed by atoms with Crippen molar-refractivity contribution in [2.24, 2.45) is 0 Å². The third-order valence-electron chi connectivity index (χ3n) is 2.07. The molecule has 5 heteroatoms. The largest absolute Gasteiger partial charge is 0.465 e. The van der Waals surface area contributed by atoms with Gasteiger partial charge in [0.1, 0.15) is 5.78 Å². The second-order valence-electron chi connectivity index (χ2n) is 3.17. The van der Waals surface area contributed by atoms with Crippen LogP contribution in [0.25, 0.3) is 0 Å². The van der Waals surface area contributed by atoms with Crippen LogP contribution in [-0.2, 0) is 9.53 Å². The third-order valence-corrected chi connectivity index (χ3v) is 3.86. The number of carbonyl (C=O) groups is 2. The number of halogens is 2. The zero-order valence-corrected chi connectivity index (χ0v) is 12.0. The normalized spacial score (nSPS) is 12.0. The highest BCUT2D eigenvalue weighted by Crippen LogP contribution is 2.33. The summed E-state index contributed by atoms with van der Waals surface area (Å²) in [5, 5.41) is 0. The molecule has 0 spiro atoms. The summed E-state index contributed by atoms with van der Waals surface area (Å²) in [7, 11) is 1.31. The first-order valence-corrected chi connectivity index (χ1v) is 6.21. The van der Waals surface area contributed by atoms with Crippen molar-refractivity contribution in [3.05, 3.63) is 33.8 Å². The monoisotopic (exact) mass is 348 g/mol. The molecule has 0 bridgehead atoms. The van der Waals surface area contributed by atoms with E-state index in [0.29, 0.717) is 15.6 Å². The molecule has 0 radical (unpaired) electrons. The van der Waals surface area contributed by atoms with Crippen LogP contribution in [0.15, 0.2) is 22.7 Å². The number of benzene rings is 1. The van der Waals surface area contributed by atoms with Gasteiger partial charge in [0.25, 0.3) is 0 Å². The number of esters is 1. The number of methoxy groups -OCH3 is 1. The minimum Gasteiger partial charge on any atom is -0.465 e. The van der Waals surface area contributed by atoms with Gasteiger partial charge in [-0.05, 0) is 19.1 Å². The van der Waals surface area contributed by atoms with E-state index in [1.54, 1.807) is 18.2 Å². The Labute approximate surface area is 110 Å². The summed E-state index contributed by atoms with van der Waals surface area (Å²) in [5.41, 5.74) is 0.982. The van der Waals surface area contributed by atoms with E-state index in [9.17, 15) is 9.59 Å². The van der Waals surface area contributed by atoms with Gasteiger partial charge in [-0.3, -0.25) is 4.79 Å². The summed E-state index contributed by atoms with van der Waals surface area (Å²) >= 11 is 6.59. The van der Waals surface area contributed by atoms with Crippen LogP contribution in [0, 0.1) is 0 Å². The van der Waals surface area contributed by atoms with Crippen LogP contribution < -0.4 is 0 Å². The third kappa shape index (κ3) is 2.71. The zero-order chi connectivity index (χ0) is 12.3. The second-order valence-corrected chi connectivity index (χ2v) is 4.94. The van der Waals surface area contributed by atoms with Crippen LogP contribution in [-0.4, -0.2) is 18.9 Å². The molecular formula is C11H10Br2O3. The maximum atomic E-state index is 11.5. The van der Waals surface area contributed by atoms with Crippen LogP contribution in [0.3, 0.4) is 0 Å². The van der Waals surface area contributed by atoms with Gasteiger partial charge in [-0.15, -0.1) is 0 Å². The molecule has 0 aliphatic rings. The number of Topliss-reactive ketones (excluding diaryl/α,β-unsaturated/α-hetero) is 1. The first-order chi connectivity index (χ1) is 7.49. The van der Waals surface area contributed by atoms with Crippen molar-refractivity contribution < 1.29 is 14.3 Å².